The lowest BCUT2D eigenvalue weighted by Crippen LogP contribution is -2.59. The molecule has 0 saturated heterocycles. The van der Waals surface area contributed by atoms with Gasteiger partial charge in [-0.05, 0) is 39.5 Å². The summed E-state index contributed by atoms with van der Waals surface area (Å²) < 4.78 is 5.43. The monoisotopic (exact) mass is 364 g/mol. The predicted molar refractivity (Wildman–Crippen MR) is 94.7 cm³/mol. The molecule has 0 aromatic carbocycles. The summed E-state index contributed by atoms with van der Waals surface area (Å²) >= 11 is 0. The fraction of sp³-hybridized carbons (Fsp3) is 0.789. The summed E-state index contributed by atoms with van der Waals surface area (Å²) in [5.41, 5.74) is -3.28. The number of nitrogens with one attached hydrogen (secondary N) is 1. The van der Waals surface area contributed by atoms with Crippen molar-refractivity contribution in [2.45, 2.75) is 89.1 Å². The molecule has 3 rings (SSSR count). The molecular formula is C19H28N2O5. The van der Waals surface area contributed by atoms with E-state index in [9.17, 15) is 19.5 Å². The normalized spacial score (nSPS) is 24.7. The van der Waals surface area contributed by atoms with Gasteiger partial charge in [0.25, 0.3) is 0 Å². The lowest BCUT2D eigenvalue weighted by molar-refractivity contribution is -0.150. The van der Waals surface area contributed by atoms with Gasteiger partial charge in [0.2, 0.25) is 11.8 Å². The quantitative estimate of drug-likeness (QED) is 0.746. The Morgan fingerprint density at radius 3 is 2.12 bits per heavy atom. The first-order chi connectivity index (χ1) is 12.2. The maximum absolute atomic E-state index is 13.0. The van der Waals surface area contributed by atoms with E-state index in [1.54, 1.807) is 13.8 Å². The zero-order valence-corrected chi connectivity index (χ0v) is 15.6. The number of esters is 1. The second kappa shape index (κ2) is 6.67. The summed E-state index contributed by atoms with van der Waals surface area (Å²) in [6.07, 6.45) is 7.55. The Bertz CT molecular complexity index is 640. The molecule has 0 radical (unpaired) electrons. The number of hydrogen-bond donors (Lipinski definition) is 2. The smallest absolute Gasteiger partial charge is 0.340 e. The molecule has 7 nitrogen and oxygen atoms in total. The van der Waals surface area contributed by atoms with Crippen molar-refractivity contribution in [3.05, 3.63) is 0 Å². The SMILES string of the molecule is CC(C)(C(=O)NC1(C(=O)O)CCCCC1)C1=NC2(CCCCC2)C(=O)O1. The largest absolute Gasteiger partial charge is 0.480 e. The number of hydrogen-bond acceptors (Lipinski definition) is 5. The highest BCUT2D eigenvalue weighted by Crippen LogP contribution is 2.39. The molecule has 0 aromatic rings. The van der Waals surface area contributed by atoms with E-state index < -0.39 is 28.4 Å². The van der Waals surface area contributed by atoms with E-state index in [1.807, 2.05) is 0 Å². The number of aliphatic imine (C=N–C) groups is 1. The maximum atomic E-state index is 13.0. The van der Waals surface area contributed by atoms with Gasteiger partial charge in [0.05, 0.1) is 0 Å². The van der Waals surface area contributed by atoms with E-state index in [-0.39, 0.29) is 11.9 Å². The minimum absolute atomic E-state index is 0.109. The van der Waals surface area contributed by atoms with Crippen LogP contribution in [0.3, 0.4) is 0 Å². The minimum Gasteiger partial charge on any atom is -0.480 e. The third kappa shape index (κ3) is 3.12. The van der Waals surface area contributed by atoms with Gasteiger partial charge in [-0.3, -0.25) is 4.79 Å². The number of amides is 1. The van der Waals surface area contributed by atoms with Crippen LogP contribution in [-0.2, 0) is 19.1 Å². The first kappa shape index (κ1) is 18.9. The molecule has 2 N–H and O–H groups in total. The zero-order valence-electron chi connectivity index (χ0n) is 15.6. The van der Waals surface area contributed by atoms with Gasteiger partial charge in [-0.15, -0.1) is 0 Å². The first-order valence-electron chi connectivity index (χ1n) is 9.61. The Labute approximate surface area is 153 Å². The number of carboxylic acid groups (broad SMARTS) is 1. The highest BCUT2D eigenvalue weighted by Gasteiger charge is 2.53. The number of nitrogens with zero attached hydrogens (tertiary/aromatic N) is 1. The third-order valence-electron chi connectivity index (χ3n) is 6.14. The molecule has 3 aliphatic rings. The topological polar surface area (TPSA) is 105 Å². The van der Waals surface area contributed by atoms with Crippen LogP contribution in [0.2, 0.25) is 0 Å². The van der Waals surface area contributed by atoms with Gasteiger partial charge in [0.15, 0.2) is 5.54 Å². The van der Waals surface area contributed by atoms with Crippen LogP contribution in [0.25, 0.3) is 0 Å². The molecule has 0 atom stereocenters. The Morgan fingerprint density at radius 2 is 1.58 bits per heavy atom. The van der Waals surface area contributed by atoms with Gasteiger partial charge in [0, 0.05) is 0 Å². The van der Waals surface area contributed by atoms with Crippen LogP contribution in [0.4, 0.5) is 0 Å². The van der Waals surface area contributed by atoms with Crippen molar-refractivity contribution in [1.29, 1.82) is 0 Å². The molecule has 0 unspecified atom stereocenters. The van der Waals surface area contributed by atoms with Crippen LogP contribution >= 0.6 is 0 Å². The summed E-state index contributed by atoms with van der Waals surface area (Å²) in [6, 6.07) is 0. The Kier molecular flexibility index (Phi) is 4.84. The maximum Gasteiger partial charge on any atom is 0.340 e. The van der Waals surface area contributed by atoms with Crippen LogP contribution in [0.15, 0.2) is 4.99 Å². The van der Waals surface area contributed by atoms with Gasteiger partial charge in [-0.1, -0.05) is 38.5 Å². The zero-order chi connectivity index (χ0) is 19.0. The number of carboxylic acids is 1. The van der Waals surface area contributed by atoms with Crippen LogP contribution in [-0.4, -0.2) is 39.9 Å². The molecule has 0 bridgehead atoms. The second-order valence-electron chi connectivity index (χ2n) is 8.43. The molecule has 2 saturated carbocycles. The van der Waals surface area contributed by atoms with Crippen molar-refractivity contribution < 1.29 is 24.2 Å². The van der Waals surface area contributed by atoms with E-state index in [4.69, 9.17) is 4.74 Å². The van der Waals surface area contributed by atoms with E-state index in [1.165, 1.54) is 0 Å². The highest BCUT2D eigenvalue weighted by atomic mass is 16.6. The van der Waals surface area contributed by atoms with Crippen molar-refractivity contribution in [1.82, 2.24) is 5.32 Å². The van der Waals surface area contributed by atoms with Crippen LogP contribution in [0.5, 0.6) is 0 Å². The molecule has 7 heteroatoms. The molecule has 1 aliphatic heterocycles. The first-order valence-corrected chi connectivity index (χ1v) is 9.61. The average molecular weight is 364 g/mol. The number of aliphatic carboxylic acids is 1. The summed E-state index contributed by atoms with van der Waals surface area (Å²) in [5.74, 6) is -1.73. The van der Waals surface area contributed by atoms with E-state index >= 15 is 0 Å². The molecule has 2 aliphatic carbocycles. The second-order valence-corrected chi connectivity index (χ2v) is 8.43. The summed E-state index contributed by atoms with van der Waals surface area (Å²) in [6.45, 7) is 3.27. The summed E-state index contributed by atoms with van der Waals surface area (Å²) in [7, 11) is 0. The van der Waals surface area contributed by atoms with Gasteiger partial charge < -0.3 is 15.2 Å². The van der Waals surface area contributed by atoms with E-state index in [0.717, 1.165) is 38.5 Å². The average Bonchev–Trinajstić information content (AvgIpc) is 2.93. The fourth-order valence-corrected chi connectivity index (χ4v) is 4.18. The molecule has 0 aromatic heterocycles. The van der Waals surface area contributed by atoms with Gasteiger partial charge >= 0.3 is 11.9 Å². The predicted octanol–water partition coefficient (Wildman–Crippen LogP) is 2.57. The standard InChI is InChI=1S/C19H28N2O5/c1-17(2,13(22)20-18(15(23)24)9-5-3-6-10-18)14-21-19(16(25)26-14)11-7-4-8-12-19/h3-12H2,1-2H3,(H,20,22)(H,23,24). The number of ether oxygens (including phenoxy) is 1. The van der Waals surface area contributed by atoms with Gasteiger partial charge in [-0.2, -0.15) is 0 Å². The Hall–Kier alpha value is -1.92. The number of cyclic esters (lactones) is 1. The molecule has 26 heavy (non-hydrogen) atoms. The molecule has 2 fully saturated rings. The van der Waals surface area contributed by atoms with Crippen LogP contribution < -0.4 is 5.32 Å². The number of carbonyl (C=O) groups excluding carboxylic acids is 2. The minimum atomic E-state index is -1.24. The Morgan fingerprint density at radius 1 is 1.04 bits per heavy atom. The third-order valence-corrected chi connectivity index (χ3v) is 6.14. The molecular weight excluding hydrogens is 336 g/mol. The van der Waals surface area contributed by atoms with E-state index in [0.29, 0.717) is 25.7 Å². The van der Waals surface area contributed by atoms with Gasteiger partial charge in [0.1, 0.15) is 11.0 Å². The molecule has 144 valence electrons. The molecule has 1 heterocycles. The molecule has 1 amide bonds. The van der Waals surface area contributed by atoms with Crippen molar-refractivity contribution in [2.75, 3.05) is 0 Å². The fourth-order valence-electron chi connectivity index (χ4n) is 4.18. The van der Waals surface area contributed by atoms with Crippen LogP contribution in [0, 0.1) is 5.41 Å². The summed E-state index contributed by atoms with van der Waals surface area (Å²) in [4.78, 5) is 41.8. The molecule has 1 spiro atoms. The number of carbonyl (C=O) groups is 3. The lowest BCUT2D eigenvalue weighted by Gasteiger charge is -2.36. The van der Waals surface area contributed by atoms with Crippen molar-refractivity contribution in [2.24, 2.45) is 10.4 Å². The lowest BCUT2D eigenvalue weighted by atomic mass is 9.80. The summed E-state index contributed by atoms with van der Waals surface area (Å²) in [5, 5.41) is 12.4. The highest BCUT2D eigenvalue weighted by molar-refractivity contribution is 6.12. The van der Waals surface area contributed by atoms with Crippen molar-refractivity contribution >= 4 is 23.7 Å². The number of rotatable bonds is 4. The van der Waals surface area contributed by atoms with Gasteiger partial charge in [-0.25, -0.2) is 14.6 Å². The van der Waals surface area contributed by atoms with Crippen molar-refractivity contribution in [3.8, 4) is 0 Å². The van der Waals surface area contributed by atoms with E-state index in [2.05, 4.69) is 10.3 Å². The van der Waals surface area contributed by atoms with Crippen LogP contribution in [0.1, 0.15) is 78.1 Å². The van der Waals surface area contributed by atoms with Crippen molar-refractivity contribution in [3.63, 3.8) is 0 Å². The Balaban J connectivity index is 1.81.